The molecule has 12 nitrogen and oxygen atoms in total. The lowest BCUT2D eigenvalue weighted by Crippen LogP contribution is -2.50. The molecule has 0 aliphatic carbocycles. The summed E-state index contributed by atoms with van der Waals surface area (Å²) in [6.45, 7) is 6.37. The van der Waals surface area contributed by atoms with Gasteiger partial charge < -0.3 is 29.9 Å². The van der Waals surface area contributed by atoms with Crippen LogP contribution in [0.25, 0.3) is 0 Å². The number of aliphatic carboxylic acids is 1. The summed E-state index contributed by atoms with van der Waals surface area (Å²) < 4.78 is 1.91. The largest absolute Gasteiger partial charge is 0.480 e. The number of rotatable bonds is 11. The maximum atomic E-state index is 12.9. The Kier molecular flexibility index (Phi) is 9.67. The van der Waals surface area contributed by atoms with Gasteiger partial charge in [0.15, 0.2) is 0 Å². The number of nitrogens with zero attached hydrogens (tertiary/aromatic N) is 6. The number of carbonyl (C=O) groups is 3. The summed E-state index contributed by atoms with van der Waals surface area (Å²) in [5, 5.41) is 21.3. The Balaban J connectivity index is 1.33. The number of benzene rings is 1. The van der Waals surface area contributed by atoms with E-state index >= 15 is 0 Å². The minimum atomic E-state index is -0.973. The average molecular weight is 573 g/mol. The third kappa shape index (κ3) is 6.57. The van der Waals surface area contributed by atoms with Gasteiger partial charge in [0, 0.05) is 50.8 Å². The van der Waals surface area contributed by atoms with Crippen LogP contribution in [0.3, 0.4) is 0 Å². The van der Waals surface area contributed by atoms with Crippen molar-refractivity contribution in [2.45, 2.75) is 45.7 Å². The van der Waals surface area contributed by atoms with E-state index in [1.807, 2.05) is 46.7 Å². The highest BCUT2D eigenvalue weighted by atomic mass is 32.2. The van der Waals surface area contributed by atoms with Crippen molar-refractivity contribution in [1.82, 2.24) is 19.4 Å². The molecule has 0 spiro atoms. The zero-order valence-electron chi connectivity index (χ0n) is 22.9. The van der Waals surface area contributed by atoms with Crippen molar-refractivity contribution in [3.63, 3.8) is 0 Å². The number of imidazole rings is 1. The molecule has 2 aliphatic heterocycles. The molecule has 0 unspecified atom stereocenters. The molecule has 2 atom stereocenters. The van der Waals surface area contributed by atoms with Gasteiger partial charge in [-0.1, -0.05) is 44.2 Å². The Hall–Kier alpha value is -3.61. The van der Waals surface area contributed by atoms with Crippen molar-refractivity contribution in [1.29, 1.82) is 0 Å². The van der Waals surface area contributed by atoms with Gasteiger partial charge in [-0.15, -0.1) is 0 Å². The molecule has 0 bridgehead atoms. The SMILES string of the molecule is CCc1nc([N+](=O)[O-])c(N2CCN(C(=O)CSC[C@@H](C)C(=O)N3CCC[C@@H]3C(=O)O)CC2)n1Cc1ccccc1. The van der Waals surface area contributed by atoms with Crippen molar-refractivity contribution >= 4 is 41.2 Å². The van der Waals surface area contributed by atoms with E-state index in [4.69, 9.17) is 0 Å². The zero-order chi connectivity index (χ0) is 28.8. The maximum Gasteiger partial charge on any atom is 0.406 e. The normalized spacial score (nSPS) is 18.1. The van der Waals surface area contributed by atoms with E-state index in [1.165, 1.54) is 16.7 Å². The van der Waals surface area contributed by atoms with E-state index in [1.54, 1.807) is 11.8 Å². The highest BCUT2D eigenvalue weighted by Crippen LogP contribution is 2.31. The Morgan fingerprint density at radius 3 is 2.48 bits per heavy atom. The summed E-state index contributed by atoms with van der Waals surface area (Å²) in [6, 6.07) is 9.00. The predicted octanol–water partition coefficient (Wildman–Crippen LogP) is 2.50. The van der Waals surface area contributed by atoms with Crippen LogP contribution in [-0.2, 0) is 27.3 Å². The molecule has 2 saturated heterocycles. The van der Waals surface area contributed by atoms with Crippen LogP contribution in [0.5, 0.6) is 0 Å². The number of likely N-dealkylation sites (tertiary alicyclic amines) is 1. The van der Waals surface area contributed by atoms with Crippen LogP contribution in [0.1, 0.15) is 38.1 Å². The van der Waals surface area contributed by atoms with Crippen molar-refractivity contribution in [3.05, 3.63) is 51.8 Å². The smallest absolute Gasteiger partial charge is 0.406 e. The average Bonchev–Trinajstić information content (AvgIpc) is 3.59. The molecule has 1 aromatic heterocycles. The Morgan fingerprint density at radius 1 is 1.15 bits per heavy atom. The fraction of sp³-hybridized carbons (Fsp3) is 0.556. The number of carbonyl (C=O) groups excluding carboxylic acids is 2. The predicted molar refractivity (Wildman–Crippen MR) is 151 cm³/mol. The van der Waals surface area contributed by atoms with E-state index in [0.29, 0.717) is 75.9 Å². The molecule has 2 fully saturated rings. The van der Waals surface area contributed by atoms with Crippen molar-refractivity contribution in [2.75, 3.05) is 49.1 Å². The first-order valence-corrected chi connectivity index (χ1v) is 14.8. The second-order valence-corrected chi connectivity index (χ2v) is 11.2. The number of nitro groups is 1. The van der Waals surface area contributed by atoms with Gasteiger partial charge >= 0.3 is 11.8 Å². The van der Waals surface area contributed by atoms with Gasteiger partial charge in [0.1, 0.15) is 6.04 Å². The van der Waals surface area contributed by atoms with Gasteiger partial charge in [0.2, 0.25) is 23.5 Å². The van der Waals surface area contributed by atoms with Gasteiger partial charge in [0.05, 0.1) is 12.3 Å². The molecule has 1 N–H and O–H groups in total. The van der Waals surface area contributed by atoms with Crippen LogP contribution in [0.2, 0.25) is 0 Å². The number of amides is 2. The number of anilines is 1. The lowest BCUT2D eigenvalue weighted by molar-refractivity contribution is -0.388. The number of carboxylic acid groups (broad SMARTS) is 1. The minimum absolute atomic E-state index is 0.0459. The van der Waals surface area contributed by atoms with Crippen LogP contribution in [0, 0.1) is 16.0 Å². The lowest BCUT2D eigenvalue weighted by Gasteiger charge is -2.35. The Labute approximate surface area is 237 Å². The van der Waals surface area contributed by atoms with Crippen LogP contribution < -0.4 is 4.90 Å². The van der Waals surface area contributed by atoms with Crippen molar-refractivity contribution < 1.29 is 24.4 Å². The van der Waals surface area contributed by atoms with Gasteiger partial charge in [-0.3, -0.25) is 14.2 Å². The second kappa shape index (κ2) is 13.2. The fourth-order valence-corrected chi connectivity index (χ4v) is 6.31. The molecule has 2 amide bonds. The lowest BCUT2D eigenvalue weighted by atomic mass is 10.1. The van der Waals surface area contributed by atoms with Gasteiger partial charge in [0.25, 0.3) is 0 Å². The van der Waals surface area contributed by atoms with Crippen molar-refractivity contribution in [3.8, 4) is 0 Å². The van der Waals surface area contributed by atoms with E-state index in [9.17, 15) is 29.6 Å². The summed E-state index contributed by atoms with van der Waals surface area (Å²) in [4.78, 5) is 58.0. The molecule has 2 aliphatic rings. The topological polar surface area (TPSA) is 142 Å². The molecule has 0 saturated carbocycles. The first-order chi connectivity index (χ1) is 19.2. The summed E-state index contributed by atoms with van der Waals surface area (Å²) >= 11 is 1.37. The number of hydrogen-bond acceptors (Lipinski definition) is 8. The molecule has 0 radical (unpaired) electrons. The quantitative estimate of drug-likeness (QED) is 0.317. The summed E-state index contributed by atoms with van der Waals surface area (Å²) in [5.41, 5.74) is 1.02. The van der Waals surface area contributed by atoms with Gasteiger partial charge in [-0.25, -0.2) is 4.79 Å². The Bertz CT molecular complexity index is 1230. The van der Waals surface area contributed by atoms with Gasteiger partial charge in [-0.05, 0) is 28.3 Å². The number of piperazine rings is 1. The first kappa shape index (κ1) is 29.4. The molecule has 13 heteroatoms. The summed E-state index contributed by atoms with van der Waals surface area (Å²) in [7, 11) is 0. The molecular formula is C27H36N6O6S. The minimum Gasteiger partial charge on any atom is -0.480 e. The molecule has 40 heavy (non-hydrogen) atoms. The maximum absolute atomic E-state index is 12.9. The third-order valence-corrected chi connectivity index (χ3v) is 8.63. The monoisotopic (exact) mass is 572 g/mol. The standard InChI is InChI=1S/C27H36N6O6S/c1-3-22-28-24(33(38)39)25(32(22)16-20-8-5-4-6-9-20)30-14-12-29(13-15-30)23(34)18-40-17-19(2)26(35)31-11-7-10-21(31)27(36)37/h4-6,8-9,19,21H,3,7,10-18H2,1-2H3,(H,36,37)/t19-,21-/m1/s1. The van der Waals surface area contributed by atoms with E-state index in [2.05, 4.69) is 4.98 Å². The molecule has 216 valence electrons. The molecule has 1 aromatic carbocycles. The van der Waals surface area contributed by atoms with Crippen LogP contribution in [-0.4, -0.2) is 97.4 Å². The number of carboxylic acids is 1. The van der Waals surface area contributed by atoms with Crippen LogP contribution >= 0.6 is 11.8 Å². The number of hydrogen-bond donors (Lipinski definition) is 1. The number of aryl methyl sites for hydroxylation is 1. The van der Waals surface area contributed by atoms with E-state index < -0.39 is 16.9 Å². The first-order valence-electron chi connectivity index (χ1n) is 13.6. The highest BCUT2D eigenvalue weighted by molar-refractivity contribution is 7.99. The van der Waals surface area contributed by atoms with Gasteiger partial charge in [-0.2, -0.15) is 11.8 Å². The summed E-state index contributed by atoms with van der Waals surface area (Å²) in [6.07, 6.45) is 1.71. The summed E-state index contributed by atoms with van der Waals surface area (Å²) in [5.74, 6) is 0.0179. The van der Waals surface area contributed by atoms with E-state index in [0.717, 1.165) is 5.56 Å². The van der Waals surface area contributed by atoms with Crippen molar-refractivity contribution in [2.24, 2.45) is 5.92 Å². The number of aromatic nitrogens is 2. The van der Waals surface area contributed by atoms with E-state index in [-0.39, 0.29) is 29.3 Å². The number of thioether (sulfide) groups is 1. The zero-order valence-corrected chi connectivity index (χ0v) is 23.7. The molecular weight excluding hydrogens is 536 g/mol. The Morgan fingerprint density at radius 2 is 1.85 bits per heavy atom. The highest BCUT2D eigenvalue weighted by Gasteiger charge is 2.36. The third-order valence-electron chi connectivity index (χ3n) is 7.44. The van der Waals surface area contributed by atoms with Crippen LogP contribution in [0.15, 0.2) is 30.3 Å². The second-order valence-electron chi connectivity index (χ2n) is 10.2. The molecule has 3 heterocycles. The molecule has 4 rings (SSSR count). The molecule has 2 aromatic rings. The van der Waals surface area contributed by atoms with Crippen LogP contribution in [0.4, 0.5) is 11.6 Å². The fourth-order valence-electron chi connectivity index (χ4n) is 5.34.